The highest BCUT2D eigenvalue weighted by molar-refractivity contribution is 6.31. The van der Waals surface area contributed by atoms with E-state index in [1.54, 1.807) is 10.8 Å². The van der Waals surface area contributed by atoms with Gasteiger partial charge >= 0.3 is 0 Å². The number of hydrogen-bond donors (Lipinski definition) is 2. The van der Waals surface area contributed by atoms with Gasteiger partial charge in [-0.15, -0.1) is 0 Å². The Hall–Kier alpha value is -1.33. The van der Waals surface area contributed by atoms with Crippen LogP contribution in [0.3, 0.4) is 0 Å². The van der Waals surface area contributed by atoms with Gasteiger partial charge in [0.25, 0.3) is 0 Å². The number of aryl methyl sites for hydroxylation is 1. The molecule has 2 unspecified atom stereocenters. The highest BCUT2D eigenvalue weighted by atomic mass is 35.5. The van der Waals surface area contributed by atoms with E-state index in [9.17, 15) is 9.90 Å². The molecular weight excluding hydrogens is 314 g/mol. The monoisotopic (exact) mass is 339 g/mol. The van der Waals surface area contributed by atoms with Crippen molar-refractivity contribution in [1.82, 2.24) is 15.1 Å². The van der Waals surface area contributed by atoms with Gasteiger partial charge in [0.15, 0.2) is 0 Å². The zero-order valence-electron chi connectivity index (χ0n) is 14.1. The van der Waals surface area contributed by atoms with Crippen molar-refractivity contribution in [2.24, 2.45) is 5.92 Å². The summed E-state index contributed by atoms with van der Waals surface area (Å²) in [6.07, 6.45) is 6.36. The fourth-order valence-corrected chi connectivity index (χ4v) is 3.20. The number of carbonyl (C=O) groups is 1. The fraction of sp³-hybridized carbons (Fsp3) is 0.647. The Kier molecular flexibility index (Phi) is 6.25. The minimum atomic E-state index is -0.444. The van der Waals surface area contributed by atoms with Crippen molar-refractivity contribution in [1.29, 1.82) is 0 Å². The first-order chi connectivity index (χ1) is 10.9. The van der Waals surface area contributed by atoms with Crippen molar-refractivity contribution in [3.63, 3.8) is 0 Å². The van der Waals surface area contributed by atoms with Crippen LogP contribution in [0.15, 0.2) is 6.08 Å². The molecule has 128 valence electrons. The molecule has 2 rings (SSSR count). The molecule has 1 heterocycles. The Balaban J connectivity index is 2.02. The Morgan fingerprint density at radius 1 is 1.48 bits per heavy atom. The molecule has 0 bridgehead atoms. The molecule has 1 amide bonds. The third kappa shape index (κ3) is 4.82. The molecule has 1 aromatic rings. The molecule has 1 aromatic heterocycles. The van der Waals surface area contributed by atoms with Crippen molar-refractivity contribution in [3.05, 3.63) is 22.5 Å². The molecule has 23 heavy (non-hydrogen) atoms. The van der Waals surface area contributed by atoms with Crippen molar-refractivity contribution < 1.29 is 9.90 Å². The Morgan fingerprint density at radius 2 is 2.17 bits per heavy atom. The number of aliphatic hydroxyl groups excluding tert-OH is 1. The van der Waals surface area contributed by atoms with Gasteiger partial charge in [-0.3, -0.25) is 9.48 Å². The third-order valence-corrected chi connectivity index (χ3v) is 4.50. The SMILES string of the molecule is Cc1nn(CC(C)C)c(Cl)c1/C=C/C(=O)NC1CCCCC1O. The van der Waals surface area contributed by atoms with Crippen LogP contribution in [0.4, 0.5) is 0 Å². The van der Waals surface area contributed by atoms with E-state index in [1.165, 1.54) is 6.08 Å². The summed E-state index contributed by atoms with van der Waals surface area (Å²) in [5, 5.41) is 17.7. The minimum Gasteiger partial charge on any atom is -0.391 e. The molecule has 0 aliphatic heterocycles. The number of amides is 1. The molecule has 1 aliphatic rings. The number of nitrogens with zero attached hydrogens (tertiary/aromatic N) is 2. The van der Waals surface area contributed by atoms with E-state index >= 15 is 0 Å². The van der Waals surface area contributed by atoms with Crippen LogP contribution in [0, 0.1) is 12.8 Å². The highest BCUT2D eigenvalue weighted by Crippen LogP contribution is 2.22. The predicted molar refractivity (Wildman–Crippen MR) is 92.3 cm³/mol. The van der Waals surface area contributed by atoms with Crippen molar-refractivity contribution in [2.45, 2.75) is 65.1 Å². The topological polar surface area (TPSA) is 67.2 Å². The molecule has 1 saturated carbocycles. The summed E-state index contributed by atoms with van der Waals surface area (Å²) in [7, 11) is 0. The van der Waals surface area contributed by atoms with Crippen LogP contribution in [-0.4, -0.2) is 32.9 Å². The molecule has 0 radical (unpaired) electrons. The second-order valence-corrected chi connectivity index (χ2v) is 7.02. The molecule has 1 aliphatic carbocycles. The van der Waals surface area contributed by atoms with Crippen molar-refractivity contribution in [3.8, 4) is 0 Å². The molecule has 0 spiro atoms. The molecule has 5 nitrogen and oxygen atoms in total. The fourth-order valence-electron chi connectivity index (χ4n) is 2.89. The standard InChI is InChI=1S/C17H26ClN3O2/c1-11(2)10-21-17(18)13(12(3)20-21)8-9-16(23)19-14-6-4-5-7-15(14)22/h8-9,11,14-15,22H,4-7,10H2,1-3H3,(H,19,23)/b9-8+. The molecule has 2 atom stereocenters. The van der Waals surface area contributed by atoms with Crippen LogP contribution < -0.4 is 5.32 Å². The van der Waals surface area contributed by atoms with Crippen molar-refractivity contribution in [2.75, 3.05) is 0 Å². The summed E-state index contributed by atoms with van der Waals surface area (Å²) >= 11 is 6.35. The molecular formula is C17H26ClN3O2. The molecule has 2 N–H and O–H groups in total. The van der Waals surface area contributed by atoms with Gasteiger partial charge in [0.05, 0.1) is 17.8 Å². The lowest BCUT2D eigenvalue weighted by Gasteiger charge is -2.27. The number of hydrogen-bond acceptors (Lipinski definition) is 3. The van der Waals surface area contributed by atoms with Gasteiger partial charge in [0.1, 0.15) is 5.15 Å². The van der Waals surface area contributed by atoms with E-state index in [1.807, 2.05) is 6.92 Å². The summed E-state index contributed by atoms with van der Waals surface area (Å²) in [6, 6.07) is -0.152. The maximum absolute atomic E-state index is 12.1. The van der Waals surface area contributed by atoms with Gasteiger partial charge < -0.3 is 10.4 Å². The first-order valence-corrected chi connectivity index (χ1v) is 8.65. The number of carbonyl (C=O) groups excluding carboxylic acids is 1. The predicted octanol–water partition coefficient (Wildman–Crippen LogP) is 2.93. The smallest absolute Gasteiger partial charge is 0.244 e. The van der Waals surface area contributed by atoms with Crippen LogP contribution in [0.1, 0.15) is 50.8 Å². The maximum atomic E-state index is 12.1. The summed E-state index contributed by atoms with van der Waals surface area (Å²) in [5.74, 6) is 0.239. The lowest BCUT2D eigenvalue weighted by Crippen LogP contribution is -2.44. The zero-order valence-corrected chi connectivity index (χ0v) is 14.8. The number of aliphatic hydroxyl groups is 1. The normalized spacial score (nSPS) is 22.0. The minimum absolute atomic E-state index is 0.152. The van der Waals surface area contributed by atoms with E-state index in [2.05, 4.69) is 24.3 Å². The zero-order chi connectivity index (χ0) is 17.0. The van der Waals surface area contributed by atoms with E-state index < -0.39 is 6.10 Å². The van der Waals surface area contributed by atoms with Crippen LogP contribution in [0.25, 0.3) is 6.08 Å². The Labute approximate surface area is 142 Å². The van der Waals surface area contributed by atoms with Crippen LogP contribution >= 0.6 is 11.6 Å². The van der Waals surface area contributed by atoms with E-state index in [0.717, 1.165) is 43.5 Å². The average Bonchev–Trinajstić information content (AvgIpc) is 2.73. The summed E-state index contributed by atoms with van der Waals surface area (Å²) in [5.41, 5.74) is 1.57. The average molecular weight is 340 g/mol. The van der Waals surface area contributed by atoms with Crippen LogP contribution in [0.5, 0.6) is 0 Å². The number of rotatable bonds is 5. The lowest BCUT2D eigenvalue weighted by atomic mass is 9.92. The van der Waals surface area contributed by atoms with E-state index in [-0.39, 0.29) is 11.9 Å². The van der Waals surface area contributed by atoms with Gasteiger partial charge in [0.2, 0.25) is 5.91 Å². The maximum Gasteiger partial charge on any atom is 0.244 e. The molecule has 0 aromatic carbocycles. The third-order valence-electron chi connectivity index (χ3n) is 4.11. The summed E-state index contributed by atoms with van der Waals surface area (Å²) in [4.78, 5) is 12.1. The molecule has 1 fully saturated rings. The van der Waals surface area contributed by atoms with E-state index in [0.29, 0.717) is 11.1 Å². The molecule has 0 saturated heterocycles. The first kappa shape index (κ1) is 18.0. The number of aromatic nitrogens is 2. The highest BCUT2D eigenvalue weighted by Gasteiger charge is 2.23. The summed E-state index contributed by atoms with van der Waals surface area (Å²) in [6.45, 7) is 6.83. The first-order valence-electron chi connectivity index (χ1n) is 8.28. The van der Waals surface area contributed by atoms with Gasteiger partial charge in [-0.1, -0.05) is 38.3 Å². The van der Waals surface area contributed by atoms with Crippen LogP contribution in [-0.2, 0) is 11.3 Å². The second-order valence-electron chi connectivity index (χ2n) is 6.67. The lowest BCUT2D eigenvalue weighted by molar-refractivity contribution is -0.118. The molecule has 6 heteroatoms. The largest absolute Gasteiger partial charge is 0.391 e. The Morgan fingerprint density at radius 3 is 2.83 bits per heavy atom. The van der Waals surface area contributed by atoms with Gasteiger partial charge in [-0.2, -0.15) is 5.10 Å². The van der Waals surface area contributed by atoms with Gasteiger partial charge in [0, 0.05) is 18.2 Å². The quantitative estimate of drug-likeness (QED) is 0.810. The van der Waals surface area contributed by atoms with E-state index in [4.69, 9.17) is 11.6 Å². The van der Waals surface area contributed by atoms with Gasteiger partial charge in [-0.05, 0) is 31.8 Å². The number of halogens is 1. The van der Waals surface area contributed by atoms with Crippen LogP contribution in [0.2, 0.25) is 5.15 Å². The van der Waals surface area contributed by atoms with Crippen molar-refractivity contribution >= 4 is 23.6 Å². The van der Waals surface area contributed by atoms with Gasteiger partial charge in [-0.25, -0.2) is 0 Å². The Bertz CT molecular complexity index is 581. The summed E-state index contributed by atoms with van der Waals surface area (Å²) < 4.78 is 1.77. The number of nitrogens with one attached hydrogen (secondary N) is 1. The second kappa shape index (κ2) is 7.97.